The quantitative estimate of drug-likeness (QED) is 0.759. The molecule has 6 nitrogen and oxygen atoms in total. The fourth-order valence-corrected chi connectivity index (χ4v) is 1.82. The van der Waals surface area contributed by atoms with Crippen molar-refractivity contribution in [1.29, 1.82) is 0 Å². The number of methoxy groups -OCH3 is 1. The molecule has 1 aromatic rings. The number of hydrogen-bond donors (Lipinski definition) is 2. The van der Waals surface area contributed by atoms with Crippen molar-refractivity contribution in [3.63, 3.8) is 0 Å². The molecule has 1 atom stereocenters. The van der Waals surface area contributed by atoms with E-state index in [4.69, 9.17) is 4.74 Å². The normalized spacial score (nSPS) is 12.5. The molecule has 0 saturated carbocycles. The van der Waals surface area contributed by atoms with E-state index < -0.39 is 6.10 Å². The van der Waals surface area contributed by atoms with E-state index >= 15 is 0 Å². The molecule has 102 valence electrons. The summed E-state index contributed by atoms with van der Waals surface area (Å²) >= 11 is 0. The number of aliphatic hydroxyl groups excluding tert-OH is 1. The van der Waals surface area contributed by atoms with Gasteiger partial charge in [0.05, 0.1) is 24.0 Å². The number of hydrogen-bond acceptors (Lipinski definition) is 4. The van der Waals surface area contributed by atoms with Gasteiger partial charge < -0.3 is 15.2 Å². The highest BCUT2D eigenvalue weighted by Crippen LogP contribution is 2.11. The molecule has 1 amide bonds. The lowest BCUT2D eigenvalue weighted by molar-refractivity contribution is 0.0587. The maximum atomic E-state index is 12.0. The number of aliphatic hydroxyl groups is 1. The molecule has 0 radical (unpaired) electrons. The summed E-state index contributed by atoms with van der Waals surface area (Å²) in [4.78, 5) is 12.0. The second-order valence-electron chi connectivity index (χ2n) is 4.32. The van der Waals surface area contributed by atoms with Gasteiger partial charge in [0, 0.05) is 26.4 Å². The number of amides is 1. The van der Waals surface area contributed by atoms with E-state index in [0.717, 1.165) is 5.69 Å². The Hall–Kier alpha value is -1.40. The number of nitrogens with zero attached hydrogens (tertiary/aromatic N) is 2. The number of ether oxygens (including phenoxy) is 1. The molecule has 0 bridgehead atoms. The summed E-state index contributed by atoms with van der Waals surface area (Å²) in [6.45, 7) is 4.36. The van der Waals surface area contributed by atoms with E-state index in [1.54, 1.807) is 11.7 Å². The number of carbonyl (C=O) groups excluding carboxylic acids is 1. The SMILES string of the molecule is COCC(O)CCNC(=O)c1c(C)nn(C)c1C. The van der Waals surface area contributed by atoms with Gasteiger partial charge in [0.15, 0.2) is 0 Å². The van der Waals surface area contributed by atoms with Crippen LogP contribution in [0.4, 0.5) is 0 Å². The van der Waals surface area contributed by atoms with Gasteiger partial charge in [-0.3, -0.25) is 9.48 Å². The van der Waals surface area contributed by atoms with Crippen LogP contribution in [-0.2, 0) is 11.8 Å². The average Bonchev–Trinajstić information content (AvgIpc) is 2.53. The Morgan fingerprint density at radius 1 is 1.56 bits per heavy atom. The molecular weight excluding hydrogens is 234 g/mol. The third-order valence-corrected chi connectivity index (χ3v) is 2.86. The minimum absolute atomic E-state index is 0.150. The number of rotatable bonds is 6. The van der Waals surface area contributed by atoms with Gasteiger partial charge in [-0.2, -0.15) is 5.10 Å². The first-order valence-corrected chi connectivity index (χ1v) is 5.92. The first-order chi connectivity index (χ1) is 8.47. The van der Waals surface area contributed by atoms with Crippen molar-refractivity contribution in [3.8, 4) is 0 Å². The Morgan fingerprint density at radius 3 is 2.72 bits per heavy atom. The van der Waals surface area contributed by atoms with E-state index in [1.165, 1.54) is 7.11 Å². The van der Waals surface area contributed by atoms with Gasteiger partial charge in [0.2, 0.25) is 0 Å². The van der Waals surface area contributed by atoms with Crippen LogP contribution in [0.15, 0.2) is 0 Å². The second-order valence-corrected chi connectivity index (χ2v) is 4.32. The largest absolute Gasteiger partial charge is 0.391 e. The lowest BCUT2D eigenvalue weighted by Crippen LogP contribution is -2.29. The zero-order chi connectivity index (χ0) is 13.7. The van der Waals surface area contributed by atoms with Crippen molar-refractivity contribution >= 4 is 5.91 Å². The molecule has 0 spiro atoms. The highest BCUT2D eigenvalue weighted by molar-refractivity contribution is 5.96. The molecule has 1 unspecified atom stereocenters. The number of aryl methyl sites for hydroxylation is 2. The predicted molar refractivity (Wildman–Crippen MR) is 67.5 cm³/mol. The lowest BCUT2D eigenvalue weighted by atomic mass is 10.2. The third-order valence-electron chi connectivity index (χ3n) is 2.86. The first kappa shape index (κ1) is 14.7. The van der Waals surface area contributed by atoms with E-state index in [2.05, 4.69) is 10.4 Å². The van der Waals surface area contributed by atoms with Crippen molar-refractivity contribution < 1.29 is 14.6 Å². The molecule has 0 saturated heterocycles. The van der Waals surface area contributed by atoms with Crippen LogP contribution in [0.3, 0.4) is 0 Å². The average molecular weight is 255 g/mol. The van der Waals surface area contributed by atoms with Gasteiger partial charge in [0.25, 0.3) is 5.91 Å². The fourth-order valence-electron chi connectivity index (χ4n) is 1.82. The molecule has 0 aliphatic heterocycles. The Kier molecular flexibility index (Phi) is 5.30. The van der Waals surface area contributed by atoms with Crippen molar-refractivity contribution in [2.45, 2.75) is 26.4 Å². The molecule has 1 heterocycles. The summed E-state index contributed by atoms with van der Waals surface area (Å²) in [7, 11) is 3.34. The topological polar surface area (TPSA) is 76.4 Å². The van der Waals surface area contributed by atoms with Crippen LogP contribution in [0.25, 0.3) is 0 Å². The van der Waals surface area contributed by atoms with Crippen molar-refractivity contribution in [1.82, 2.24) is 15.1 Å². The molecule has 0 fully saturated rings. The molecule has 6 heteroatoms. The zero-order valence-corrected chi connectivity index (χ0v) is 11.4. The fraction of sp³-hybridized carbons (Fsp3) is 0.667. The highest BCUT2D eigenvalue weighted by atomic mass is 16.5. The van der Waals surface area contributed by atoms with Crippen molar-refractivity contribution in [2.24, 2.45) is 7.05 Å². The van der Waals surface area contributed by atoms with Gasteiger partial charge in [-0.15, -0.1) is 0 Å². The van der Waals surface area contributed by atoms with Gasteiger partial charge in [-0.05, 0) is 20.3 Å². The summed E-state index contributed by atoms with van der Waals surface area (Å²) in [5.74, 6) is -0.150. The zero-order valence-electron chi connectivity index (χ0n) is 11.4. The maximum Gasteiger partial charge on any atom is 0.255 e. The molecule has 1 aromatic heterocycles. The highest BCUT2D eigenvalue weighted by Gasteiger charge is 2.16. The first-order valence-electron chi connectivity index (χ1n) is 5.92. The molecule has 18 heavy (non-hydrogen) atoms. The molecule has 2 N–H and O–H groups in total. The van der Waals surface area contributed by atoms with E-state index in [1.807, 2.05) is 13.8 Å². The van der Waals surface area contributed by atoms with Gasteiger partial charge in [-0.1, -0.05) is 0 Å². The minimum atomic E-state index is -0.550. The monoisotopic (exact) mass is 255 g/mol. The molecule has 0 aromatic carbocycles. The number of carbonyl (C=O) groups is 1. The lowest BCUT2D eigenvalue weighted by Gasteiger charge is -2.10. The van der Waals surface area contributed by atoms with Crippen LogP contribution in [0.5, 0.6) is 0 Å². The molecule has 1 rings (SSSR count). The summed E-state index contributed by atoms with van der Waals surface area (Å²) in [5.41, 5.74) is 2.16. The van der Waals surface area contributed by atoms with Gasteiger partial charge >= 0.3 is 0 Å². The summed E-state index contributed by atoms with van der Waals surface area (Å²) in [6, 6.07) is 0. The molecule has 0 aliphatic carbocycles. The summed E-state index contributed by atoms with van der Waals surface area (Å²) < 4.78 is 6.50. The predicted octanol–water partition coefficient (Wildman–Crippen LogP) is 0.164. The number of nitrogens with one attached hydrogen (secondary N) is 1. The maximum absolute atomic E-state index is 12.0. The smallest absolute Gasteiger partial charge is 0.255 e. The van der Waals surface area contributed by atoms with E-state index in [9.17, 15) is 9.90 Å². The molecular formula is C12H21N3O3. The van der Waals surface area contributed by atoms with Crippen molar-refractivity contribution in [2.75, 3.05) is 20.3 Å². The second kappa shape index (κ2) is 6.51. The summed E-state index contributed by atoms with van der Waals surface area (Å²) in [6.07, 6.45) is -0.0795. The van der Waals surface area contributed by atoms with Crippen LogP contribution >= 0.6 is 0 Å². The van der Waals surface area contributed by atoms with Crippen LogP contribution in [-0.4, -0.2) is 47.2 Å². The van der Waals surface area contributed by atoms with E-state index in [0.29, 0.717) is 24.2 Å². The summed E-state index contributed by atoms with van der Waals surface area (Å²) in [5, 5.41) is 16.4. The van der Waals surface area contributed by atoms with Crippen molar-refractivity contribution in [3.05, 3.63) is 17.0 Å². The van der Waals surface area contributed by atoms with Crippen LogP contribution in [0, 0.1) is 13.8 Å². The Morgan fingerprint density at radius 2 is 2.22 bits per heavy atom. The number of aromatic nitrogens is 2. The van der Waals surface area contributed by atoms with Crippen LogP contribution in [0.1, 0.15) is 28.2 Å². The Bertz CT molecular complexity index is 415. The Balaban J connectivity index is 2.51. The van der Waals surface area contributed by atoms with Crippen LogP contribution in [0.2, 0.25) is 0 Å². The Labute approximate surface area is 107 Å². The standard InChI is InChI=1S/C12H21N3O3/c1-8-11(9(2)15(3)14-8)12(17)13-6-5-10(16)7-18-4/h10,16H,5-7H2,1-4H3,(H,13,17). The van der Waals surface area contributed by atoms with Crippen LogP contribution < -0.4 is 5.32 Å². The third kappa shape index (κ3) is 3.54. The minimum Gasteiger partial charge on any atom is -0.391 e. The van der Waals surface area contributed by atoms with Gasteiger partial charge in [0.1, 0.15) is 0 Å². The molecule has 0 aliphatic rings. The van der Waals surface area contributed by atoms with E-state index in [-0.39, 0.29) is 12.5 Å². The van der Waals surface area contributed by atoms with Gasteiger partial charge in [-0.25, -0.2) is 0 Å².